The quantitative estimate of drug-likeness (QED) is 0.739. The summed E-state index contributed by atoms with van der Waals surface area (Å²) in [6.45, 7) is 6.62. The molecule has 1 aromatic carbocycles. The average molecular weight is 278 g/mol. The molecule has 5 nitrogen and oxygen atoms in total. The summed E-state index contributed by atoms with van der Waals surface area (Å²) in [5.74, 6) is 0.460. The number of carbonyl (C=O) groups is 2. The van der Waals surface area contributed by atoms with E-state index in [1.54, 1.807) is 6.92 Å². The Balaban J connectivity index is 2.22. The summed E-state index contributed by atoms with van der Waals surface area (Å²) in [6.07, 6.45) is 0.448. The van der Waals surface area contributed by atoms with Crippen molar-refractivity contribution in [2.45, 2.75) is 27.2 Å². The number of nitrogens with one attached hydrogen (secondary N) is 2. The molecule has 0 aliphatic rings. The van der Waals surface area contributed by atoms with Crippen LogP contribution in [0.5, 0.6) is 5.75 Å². The van der Waals surface area contributed by atoms with Crippen LogP contribution in [0.2, 0.25) is 0 Å². The molecule has 0 aliphatic heterocycles. The first-order valence-electron chi connectivity index (χ1n) is 6.76. The van der Waals surface area contributed by atoms with Gasteiger partial charge in [-0.15, -0.1) is 0 Å². The van der Waals surface area contributed by atoms with Gasteiger partial charge >= 0.3 is 0 Å². The third kappa shape index (κ3) is 5.73. The zero-order chi connectivity index (χ0) is 15.0. The van der Waals surface area contributed by atoms with Crippen molar-refractivity contribution in [3.05, 3.63) is 29.3 Å². The second-order valence-corrected chi connectivity index (χ2v) is 4.59. The second-order valence-electron chi connectivity index (χ2n) is 4.59. The zero-order valence-electron chi connectivity index (χ0n) is 12.3. The molecule has 5 heteroatoms. The van der Waals surface area contributed by atoms with Gasteiger partial charge in [0, 0.05) is 19.5 Å². The fourth-order valence-corrected chi connectivity index (χ4v) is 1.53. The third-order valence-corrected chi connectivity index (χ3v) is 2.94. The normalized spacial score (nSPS) is 9.95. The zero-order valence-corrected chi connectivity index (χ0v) is 12.3. The molecule has 0 aromatic heterocycles. The van der Waals surface area contributed by atoms with E-state index in [-0.39, 0.29) is 18.4 Å². The van der Waals surface area contributed by atoms with E-state index in [0.29, 0.717) is 25.3 Å². The lowest BCUT2D eigenvalue weighted by atomic mass is 10.1. The number of ether oxygens (including phenoxy) is 1. The van der Waals surface area contributed by atoms with Crippen molar-refractivity contribution < 1.29 is 14.3 Å². The summed E-state index contributed by atoms with van der Waals surface area (Å²) >= 11 is 0. The molecule has 0 atom stereocenters. The summed E-state index contributed by atoms with van der Waals surface area (Å²) < 4.78 is 5.40. The maximum atomic E-state index is 11.5. The molecule has 0 saturated heterocycles. The predicted molar refractivity (Wildman–Crippen MR) is 77.7 cm³/mol. The van der Waals surface area contributed by atoms with Gasteiger partial charge < -0.3 is 15.4 Å². The molecule has 0 spiro atoms. The molecule has 0 saturated carbocycles. The van der Waals surface area contributed by atoms with Gasteiger partial charge in [-0.05, 0) is 37.1 Å². The first-order chi connectivity index (χ1) is 9.52. The van der Waals surface area contributed by atoms with Gasteiger partial charge in [-0.25, -0.2) is 0 Å². The van der Waals surface area contributed by atoms with Crippen LogP contribution in [-0.2, 0) is 9.59 Å². The van der Waals surface area contributed by atoms with Gasteiger partial charge in [0.1, 0.15) is 5.75 Å². The van der Waals surface area contributed by atoms with E-state index in [9.17, 15) is 9.59 Å². The maximum Gasteiger partial charge on any atom is 0.258 e. The fourth-order valence-electron chi connectivity index (χ4n) is 1.53. The Morgan fingerprint density at radius 1 is 1.05 bits per heavy atom. The molecule has 0 heterocycles. The number of aryl methyl sites for hydroxylation is 2. The smallest absolute Gasteiger partial charge is 0.258 e. The van der Waals surface area contributed by atoms with Gasteiger partial charge in [0.05, 0.1) is 0 Å². The number of carbonyl (C=O) groups excluding carboxylic acids is 2. The largest absolute Gasteiger partial charge is 0.484 e. The molecule has 0 unspecified atom stereocenters. The maximum absolute atomic E-state index is 11.5. The lowest BCUT2D eigenvalue weighted by Crippen LogP contribution is -2.36. The van der Waals surface area contributed by atoms with E-state index < -0.39 is 0 Å². The van der Waals surface area contributed by atoms with Crippen molar-refractivity contribution in [1.29, 1.82) is 0 Å². The first-order valence-corrected chi connectivity index (χ1v) is 6.76. The van der Waals surface area contributed by atoms with Crippen LogP contribution in [0.15, 0.2) is 18.2 Å². The van der Waals surface area contributed by atoms with Crippen LogP contribution in [0.4, 0.5) is 0 Å². The van der Waals surface area contributed by atoms with Gasteiger partial charge in [0.25, 0.3) is 5.91 Å². The summed E-state index contributed by atoms with van der Waals surface area (Å²) in [4.78, 5) is 22.5. The molecule has 1 aromatic rings. The van der Waals surface area contributed by atoms with Crippen molar-refractivity contribution in [2.75, 3.05) is 19.7 Å². The summed E-state index contributed by atoms with van der Waals surface area (Å²) in [5, 5.41) is 5.36. The van der Waals surface area contributed by atoms with E-state index in [0.717, 1.165) is 5.56 Å². The molecular weight excluding hydrogens is 256 g/mol. The first kappa shape index (κ1) is 16.0. The van der Waals surface area contributed by atoms with Gasteiger partial charge in [0.2, 0.25) is 5.91 Å². The van der Waals surface area contributed by atoms with Crippen molar-refractivity contribution >= 4 is 11.8 Å². The van der Waals surface area contributed by atoms with E-state index in [1.807, 2.05) is 32.0 Å². The molecule has 0 bridgehead atoms. The summed E-state index contributed by atoms with van der Waals surface area (Å²) in [7, 11) is 0. The molecule has 0 aliphatic carbocycles. The summed E-state index contributed by atoms with van der Waals surface area (Å²) in [6, 6.07) is 5.71. The van der Waals surface area contributed by atoms with Crippen LogP contribution in [0.3, 0.4) is 0 Å². The van der Waals surface area contributed by atoms with Crippen molar-refractivity contribution in [3.63, 3.8) is 0 Å². The third-order valence-electron chi connectivity index (χ3n) is 2.94. The summed E-state index contributed by atoms with van der Waals surface area (Å²) in [5.41, 5.74) is 2.32. The van der Waals surface area contributed by atoms with Crippen LogP contribution in [0.25, 0.3) is 0 Å². The van der Waals surface area contributed by atoms with E-state index in [2.05, 4.69) is 10.6 Å². The highest BCUT2D eigenvalue weighted by Gasteiger charge is 2.03. The van der Waals surface area contributed by atoms with Crippen LogP contribution in [-0.4, -0.2) is 31.5 Å². The molecule has 2 amide bonds. The van der Waals surface area contributed by atoms with Crippen molar-refractivity contribution in [1.82, 2.24) is 10.6 Å². The number of amides is 2. The topological polar surface area (TPSA) is 67.4 Å². The average Bonchev–Trinajstić information content (AvgIpc) is 2.44. The minimum atomic E-state index is -0.200. The molecule has 110 valence electrons. The van der Waals surface area contributed by atoms with Gasteiger partial charge in [-0.3, -0.25) is 9.59 Å². The van der Waals surface area contributed by atoms with Gasteiger partial charge in [0.15, 0.2) is 6.61 Å². The predicted octanol–water partition coefficient (Wildman–Crippen LogP) is 1.32. The van der Waals surface area contributed by atoms with E-state index >= 15 is 0 Å². The Kier molecular flexibility index (Phi) is 6.56. The number of hydrogen-bond acceptors (Lipinski definition) is 3. The minimum Gasteiger partial charge on any atom is -0.484 e. The Bertz CT molecular complexity index is 472. The molecular formula is C15H22N2O3. The highest BCUT2D eigenvalue weighted by molar-refractivity contribution is 5.78. The number of rotatable bonds is 7. The lowest BCUT2D eigenvalue weighted by molar-refractivity contribution is -0.124. The Morgan fingerprint density at radius 3 is 2.30 bits per heavy atom. The van der Waals surface area contributed by atoms with Crippen LogP contribution < -0.4 is 15.4 Å². The van der Waals surface area contributed by atoms with Crippen LogP contribution in [0.1, 0.15) is 24.5 Å². The Morgan fingerprint density at radius 2 is 1.70 bits per heavy atom. The van der Waals surface area contributed by atoms with Crippen molar-refractivity contribution in [2.24, 2.45) is 0 Å². The standard InChI is InChI=1S/C15H22N2O3/c1-4-14(18)16-7-8-17-15(19)10-20-13-6-5-11(2)12(3)9-13/h5-6,9H,4,7-8,10H2,1-3H3,(H,16,18)(H,17,19). The Labute approximate surface area is 119 Å². The van der Waals surface area contributed by atoms with Gasteiger partial charge in [-0.2, -0.15) is 0 Å². The molecule has 0 fully saturated rings. The second kappa shape index (κ2) is 8.19. The Hall–Kier alpha value is -2.04. The highest BCUT2D eigenvalue weighted by atomic mass is 16.5. The highest BCUT2D eigenvalue weighted by Crippen LogP contribution is 2.16. The fraction of sp³-hybridized carbons (Fsp3) is 0.467. The van der Waals surface area contributed by atoms with E-state index in [4.69, 9.17) is 4.74 Å². The van der Waals surface area contributed by atoms with Crippen LogP contribution >= 0.6 is 0 Å². The monoisotopic (exact) mass is 278 g/mol. The number of benzene rings is 1. The molecule has 1 rings (SSSR count). The molecule has 20 heavy (non-hydrogen) atoms. The number of hydrogen-bond donors (Lipinski definition) is 2. The molecule has 2 N–H and O–H groups in total. The minimum absolute atomic E-state index is 0.0226. The van der Waals surface area contributed by atoms with Crippen molar-refractivity contribution in [3.8, 4) is 5.75 Å². The van der Waals surface area contributed by atoms with Crippen LogP contribution in [0, 0.1) is 13.8 Å². The SMILES string of the molecule is CCC(=O)NCCNC(=O)COc1ccc(C)c(C)c1. The lowest BCUT2D eigenvalue weighted by Gasteiger charge is -2.09. The molecule has 0 radical (unpaired) electrons. The van der Waals surface area contributed by atoms with E-state index in [1.165, 1.54) is 5.56 Å². The van der Waals surface area contributed by atoms with Gasteiger partial charge in [-0.1, -0.05) is 13.0 Å².